The van der Waals surface area contributed by atoms with Crippen LogP contribution >= 0.6 is 0 Å². The first kappa shape index (κ1) is 15.3. The van der Waals surface area contributed by atoms with Crippen molar-refractivity contribution in [3.63, 3.8) is 0 Å². The Balaban J connectivity index is 2.23. The number of nitroso groups, excluding NO2 is 1. The Hall–Kier alpha value is -3.55. The van der Waals surface area contributed by atoms with Gasteiger partial charge in [-0.1, -0.05) is 6.07 Å². The summed E-state index contributed by atoms with van der Waals surface area (Å²) in [4.78, 5) is 26.9. The number of benzene rings is 1. The minimum Gasteiger partial charge on any atom is -0.465 e. The summed E-state index contributed by atoms with van der Waals surface area (Å²) < 4.78 is 6.18. The number of esters is 1. The van der Waals surface area contributed by atoms with Crippen molar-refractivity contribution in [1.29, 1.82) is 0 Å². The number of ether oxygens (including phenoxy) is 1. The van der Waals surface area contributed by atoms with E-state index in [2.05, 4.69) is 15.3 Å². The van der Waals surface area contributed by atoms with Gasteiger partial charge in [0.25, 0.3) is 0 Å². The average molecular weight is 323 g/mol. The van der Waals surface area contributed by atoms with Crippen molar-refractivity contribution >= 4 is 17.5 Å². The van der Waals surface area contributed by atoms with Crippen molar-refractivity contribution in [2.75, 3.05) is 12.8 Å². The van der Waals surface area contributed by atoms with E-state index >= 15 is 0 Å². The number of aromatic nitrogens is 3. The fourth-order valence-electron chi connectivity index (χ4n) is 2.32. The predicted molar refractivity (Wildman–Crippen MR) is 88.0 cm³/mol. The van der Waals surface area contributed by atoms with E-state index in [9.17, 15) is 9.70 Å². The molecule has 0 aliphatic rings. The fourth-order valence-corrected chi connectivity index (χ4v) is 2.32. The number of pyridine rings is 1. The molecule has 0 unspecified atom stereocenters. The largest absolute Gasteiger partial charge is 0.465 e. The molecule has 120 valence electrons. The van der Waals surface area contributed by atoms with Crippen molar-refractivity contribution in [3.05, 3.63) is 59.3 Å². The van der Waals surface area contributed by atoms with Crippen molar-refractivity contribution in [2.24, 2.45) is 5.18 Å². The number of nitrogens with zero attached hydrogens (tertiary/aromatic N) is 4. The van der Waals surface area contributed by atoms with E-state index in [1.54, 1.807) is 42.7 Å². The third-order valence-electron chi connectivity index (χ3n) is 3.43. The molecule has 0 spiro atoms. The molecule has 8 heteroatoms. The van der Waals surface area contributed by atoms with Crippen LogP contribution in [0.5, 0.6) is 0 Å². The molecule has 0 atom stereocenters. The molecule has 0 fully saturated rings. The minimum atomic E-state index is -0.609. The highest BCUT2D eigenvalue weighted by Gasteiger charge is 2.24. The van der Waals surface area contributed by atoms with E-state index < -0.39 is 5.97 Å². The normalized spacial score (nSPS) is 10.4. The number of methoxy groups -OCH3 is 1. The van der Waals surface area contributed by atoms with E-state index in [0.29, 0.717) is 16.9 Å². The summed E-state index contributed by atoms with van der Waals surface area (Å²) in [6.45, 7) is 0. The van der Waals surface area contributed by atoms with Gasteiger partial charge in [0.1, 0.15) is 22.8 Å². The molecule has 0 saturated heterocycles. The summed E-state index contributed by atoms with van der Waals surface area (Å²) in [6, 6.07) is 9.90. The minimum absolute atomic E-state index is 0.101. The van der Waals surface area contributed by atoms with E-state index in [0.717, 1.165) is 0 Å². The first-order valence-electron chi connectivity index (χ1n) is 6.96. The molecule has 24 heavy (non-hydrogen) atoms. The number of hydrogen-bond acceptors (Lipinski definition) is 7. The lowest BCUT2D eigenvalue weighted by Gasteiger charge is -2.04. The maximum Gasteiger partial charge on any atom is 0.343 e. The quantitative estimate of drug-likeness (QED) is 0.583. The van der Waals surface area contributed by atoms with Gasteiger partial charge in [-0.05, 0) is 35.5 Å². The maximum atomic E-state index is 12.2. The SMILES string of the molecule is COC(=O)c1c(-c2cccnc2)nn(-c2cccc(N=O)c2)c1N. The van der Waals surface area contributed by atoms with Crippen LogP contribution in [0.4, 0.5) is 11.5 Å². The van der Waals surface area contributed by atoms with E-state index in [1.807, 2.05) is 0 Å². The second-order valence-electron chi connectivity index (χ2n) is 4.87. The monoisotopic (exact) mass is 323 g/mol. The zero-order valence-electron chi connectivity index (χ0n) is 12.7. The van der Waals surface area contributed by atoms with E-state index in [-0.39, 0.29) is 17.1 Å². The number of rotatable bonds is 4. The van der Waals surface area contributed by atoms with Crippen LogP contribution in [0, 0.1) is 4.91 Å². The fraction of sp³-hybridized carbons (Fsp3) is 0.0625. The lowest BCUT2D eigenvalue weighted by Crippen LogP contribution is -2.07. The van der Waals surface area contributed by atoms with Crippen LogP contribution in [0.1, 0.15) is 10.4 Å². The molecule has 2 heterocycles. The zero-order chi connectivity index (χ0) is 17.1. The number of nitrogen functional groups attached to an aromatic ring is 1. The van der Waals surface area contributed by atoms with Crippen LogP contribution < -0.4 is 5.73 Å². The molecule has 0 amide bonds. The lowest BCUT2D eigenvalue weighted by atomic mass is 10.1. The van der Waals surface area contributed by atoms with Gasteiger partial charge in [0.2, 0.25) is 0 Å². The van der Waals surface area contributed by atoms with Crippen molar-refractivity contribution in [3.8, 4) is 16.9 Å². The van der Waals surface area contributed by atoms with Crippen LogP contribution in [-0.4, -0.2) is 27.8 Å². The second-order valence-corrected chi connectivity index (χ2v) is 4.87. The molecule has 3 rings (SSSR count). The highest BCUT2D eigenvalue weighted by molar-refractivity contribution is 6.01. The van der Waals surface area contributed by atoms with Gasteiger partial charge < -0.3 is 10.5 Å². The first-order chi connectivity index (χ1) is 11.7. The van der Waals surface area contributed by atoms with Gasteiger partial charge in [0.15, 0.2) is 0 Å². The van der Waals surface area contributed by atoms with Crippen molar-refractivity contribution in [1.82, 2.24) is 14.8 Å². The summed E-state index contributed by atoms with van der Waals surface area (Å²) in [5.41, 5.74) is 7.94. The van der Waals surface area contributed by atoms with Gasteiger partial charge in [0.05, 0.1) is 12.8 Å². The predicted octanol–water partition coefficient (Wildman–Crippen LogP) is 2.70. The van der Waals surface area contributed by atoms with Gasteiger partial charge in [-0.25, -0.2) is 9.48 Å². The smallest absolute Gasteiger partial charge is 0.343 e. The van der Waals surface area contributed by atoms with Gasteiger partial charge in [-0.15, -0.1) is 4.91 Å². The van der Waals surface area contributed by atoms with Gasteiger partial charge in [0, 0.05) is 18.0 Å². The number of carbonyl (C=O) groups excluding carboxylic acids is 1. The van der Waals surface area contributed by atoms with Crippen molar-refractivity contribution in [2.45, 2.75) is 0 Å². The number of carbonyl (C=O) groups is 1. The molecule has 1 aromatic carbocycles. The van der Waals surface area contributed by atoms with E-state index in [1.165, 1.54) is 17.9 Å². The van der Waals surface area contributed by atoms with Gasteiger partial charge in [-0.3, -0.25) is 4.98 Å². The summed E-state index contributed by atoms with van der Waals surface area (Å²) in [5, 5.41) is 7.29. The summed E-state index contributed by atoms with van der Waals surface area (Å²) in [5.74, 6) is -0.508. The van der Waals surface area contributed by atoms with Crippen LogP contribution in [0.15, 0.2) is 54.0 Å². The van der Waals surface area contributed by atoms with Crippen LogP contribution in [-0.2, 0) is 4.74 Å². The molecule has 3 aromatic rings. The molecular formula is C16H13N5O3. The second kappa shape index (κ2) is 6.29. The number of nitrogens with two attached hydrogens (primary N) is 1. The summed E-state index contributed by atoms with van der Waals surface area (Å²) in [6.07, 6.45) is 3.18. The summed E-state index contributed by atoms with van der Waals surface area (Å²) >= 11 is 0. The zero-order valence-corrected chi connectivity index (χ0v) is 12.7. The Morgan fingerprint density at radius 3 is 2.79 bits per heavy atom. The highest BCUT2D eigenvalue weighted by Crippen LogP contribution is 2.30. The molecular weight excluding hydrogens is 310 g/mol. The van der Waals surface area contributed by atoms with E-state index in [4.69, 9.17) is 10.5 Å². The molecule has 2 N–H and O–H groups in total. The van der Waals surface area contributed by atoms with Crippen LogP contribution in [0.2, 0.25) is 0 Å². The first-order valence-corrected chi connectivity index (χ1v) is 6.96. The molecule has 0 radical (unpaired) electrons. The van der Waals surface area contributed by atoms with Gasteiger partial charge >= 0.3 is 5.97 Å². The highest BCUT2D eigenvalue weighted by atomic mass is 16.5. The third kappa shape index (κ3) is 2.60. The Labute approximate surface area is 136 Å². The molecule has 0 bridgehead atoms. The standard InChI is InChI=1S/C16H13N5O3/c1-24-16(22)13-14(10-4-3-7-18-9-10)19-21(15(13)17)12-6-2-5-11(8-12)20-23/h2-9H,17H2,1H3. The average Bonchev–Trinajstić information content (AvgIpc) is 2.99. The van der Waals surface area contributed by atoms with Crippen molar-refractivity contribution < 1.29 is 9.53 Å². The lowest BCUT2D eigenvalue weighted by molar-refractivity contribution is 0.0603. The topological polar surface area (TPSA) is 112 Å². The molecule has 0 saturated carbocycles. The maximum absolute atomic E-state index is 12.2. The van der Waals surface area contributed by atoms with Crippen LogP contribution in [0.3, 0.4) is 0 Å². The molecule has 0 aliphatic carbocycles. The van der Waals surface area contributed by atoms with Gasteiger partial charge in [-0.2, -0.15) is 5.10 Å². The Morgan fingerprint density at radius 2 is 2.12 bits per heavy atom. The van der Waals surface area contributed by atoms with Crippen LogP contribution in [0.25, 0.3) is 16.9 Å². The Morgan fingerprint density at radius 1 is 1.29 bits per heavy atom. The molecule has 0 aliphatic heterocycles. The Kier molecular flexibility index (Phi) is 4.02. The third-order valence-corrected chi connectivity index (χ3v) is 3.43. The molecule has 8 nitrogen and oxygen atoms in total. The Bertz CT molecular complexity index is 905. The molecule has 2 aromatic heterocycles. The number of hydrogen-bond donors (Lipinski definition) is 1. The number of anilines is 1. The summed E-state index contributed by atoms with van der Waals surface area (Å²) in [7, 11) is 1.27.